The highest BCUT2D eigenvalue weighted by atomic mass is 35.5. The van der Waals surface area contributed by atoms with E-state index in [-0.39, 0.29) is 24.4 Å². The van der Waals surface area contributed by atoms with Gasteiger partial charge in [-0.15, -0.1) is 12.4 Å². The summed E-state index contributed by atoms with van der Waals surface area (Å²) in [5.74, 6) is 0.619. The molecule has 1 aromatic heterocycles. The number of halogens is 1. The molecule has 0 aliphatic rings. The first-order valence-electron chi connectivity index (χ1n) is 6.66. The van der Waals surface area contributed by atoms with Gasteiger partial charge >= 0.3 is 0 Å². The van der Waals surface area contributed by atoms with E-state index in [1.807, 2.05) is 44.2 Å². The first kappa shape index (κ1) is 16.5. The Kier molecular flexibility index (Phi) is 6.05. The van der Waals surface area contributed by atoms with Gasteiger partial charge in [-0.25, -0.2) is 0 Å². The monoisotopic (exact) mass is 296 g/mol. The van der Waals surface area contributed by atoms with E-state index in [1.54, 1.807) is 0 Å². The Morgan fingerprint density at radius 3 is 2.75 bits per heavy atom. The van der Waals surface area contributed by atoms with Crippen LogP contribution < -0.4 is 11.1 Å². The summed E-state index contributed by atoms with van der Waals surface area (Å²) < 4.78 is 5.71. The molecule has 1 amide bonds. The number of hydrogen-bond acceptors (Lipinski definition) is 3. The molecule has 2 unspecified atom stereocenters. The Hall–Kier alpha value is -1.52. The molecule has 1 aromatic carbocycles. The summed E-state index contributed by atoms with van der Waals surface area (Å²) in [6, 6.07) is 9.11. The lowest BCUT2D eigenvalue weighted by Gasteiger charge is -2.15. The molecule has 0 saturated heterocycles. The molecule has 4 nitrogen and oxygen atoms in total. The topological polar surface area (TPSA) is 68.3 Å². The number of nitrogens with one attached hydrogen (secondary N) is 1. The van der Waals surface area contributed by atoms with Crippen molar-refractivity contribution in [3.8, 4) is 0 Å². The smallest absolute Gasteiger partial charge is 0.237 e. The standard InChI is InChI=1S/C15H20N2O2.ClH/c1-3-6-12(16)15(18)17-10(2)14-9-11-7-4-5-8-13(11)19-14;/h4-5,7-10,12H,3,6,16H2,1-2H3,(H,17,18);1H. The highest BCUT2D eigenvalue weighted by Gasteiger charge is 2.18. The molecule has 0 radical (unpaired) electrons. The summed E-state index contributed by atoms with van der Waals surface area (Å²) in [4.78, 5) is 11.9. The van der Waals surface area contributed by atoms with Gasteiger partial charge in [-0.1, -0.05) is 31.5 Å². The van der Waals surface area contributed by atoms with Gasteiger partial charge in [-0.2, -0.15) is 0 Å². The third-order valence-corrected chi connectivity index (χ3v) is 3.17. The molecule has 0 spiro atoms. The minimum absolute atomic E-state index is 0. The maximum atomic E-state index is 11.9. The Labute approximate surface area is 125 Å². The number of hydrogen-bond donors (Lipinski definition) is 2. The second-order valence-electron chi connectivity index (χ2n) is 4.81. The van der Waals surface area contributed by atoms with Crippen LogP contribution in [0, 0.1) is 0 Å². The van der Waals surface area contributed by atoms with Crippen LogP contribution in [0.25, 0.3) is 11.0 Å². The second-order valence-corrected chi connectivity index (χ2v) is 4.81. The van der Waals surface area contributed by atoms with Crippen molar-refractivity contribution >= 4 is 29.3 Å². The van der Waals surface area contributed by atoms with Crippen molar-refractivity contribution in [2.45, 2.75) is 38.8 Å². The lowest BCUT2D eigenvalue weighted by Crippen LogP contribution is -2.41. The largest absolute Gasteiger partial charge is 0.459 e. The number of benzene rings is 1. The minimum atomic E-state index is -0.447. The molecular weight excluding hydrogens is 276 g/mol. The highest BCUT2D eigenvalue weighted by molar-refractivity contribution is 5.85. The fourth-order valence-corrected chi connectivity index (χ4v) is 2.05. The molecule has 0 bridgehead atoms. The van der Waals surface area contributed by atoms with Crippen LogP contribution in [0.4, 0.5) is 0 Å². The van der Waals surface area contributed by atoms with E-state index in [0.717, 1.165) is 23.2 Å². The number of nitrogens with two attached hydrogens (primary N) is 1. The van der Waals surface area contributed by atoms with Crippen LogP contribution in [0.15, 0.2) is 34.7 Å². The van der Waals surface area contributed by atoms with E-state index in [0.29, 0.717) is 6.42 Å². The van der Waals surface area contributed by atoms with Gasteiger partial charge in [0.25, 0.3) is 0 Å². The number of carbonyl (C=O) groups is 1. The highest BCUT2D eigenvalue weighted by Crippen LogP contribution is 2.23. The number of amides is 1. The summed E-state index contributed by atoms with van der Waals surface area (Å²) >= 11 is 0. The average molecular weight is 297 g/mol. The van der Waals surface area contributed by atoms with Crippen LogP contribution in [0.2, 0.25) is 0 Å². The summed E-state index contributed by atoms with van der Waals surface area (Å²) in [5.41, 5.74) is 6.62. The lowest BCUT2D eigenvalue weighted by atomic mass is 10.1. The molecule has 2 rings (SSSR count). The van der Waals surface area contributed by atoms with Crippen molar-refractivity contribution in [1.82, 2.24) is 5.32 Å². The van der Waals surface area contributed by atoms with Gasteiger partial charge in [0.15, 0.2) is 0 Å². The van der Waals surface area contributed by atoms with Crippen LogP contribution in [-0.4, -0.2) is 11.9 Å². The van der Waals surface area contributed by atoms with Crippen LogP contribution in [-0.2, 0) is 4.79 Å². The molecule has 0 aliphatic heterocycles. The number of carbonyl (C=O) groups excluding carboxylic acids is 1. The van der Waals surface area contributed by atoms with Gasteiger partial charge in [-0.3, -0.25) is 4.79 Å². The van der Waals surface area contributed by atoms with Crippen LogP contribution in [0.1, 0.15) is 38.5 Å². The quantitative estimate of drug-likeness (QED) is 0.890. The number of furan rings is 1. The van der Waals surface area contributed by atoms with Gasteiger partial charge in [0.2, 0.25) is 5.91 Å². The molecule has 0 fully saturated rings. The maximum absolute atomic E-state index is 11.9. The molecule has 3 N–H and O–H groups in total. The molecule has 1 heterocycles. The van der Waals surface area contributed by atoms with Crippen molar-refractivity contribution in [2.24, 2.45) is 5.73 Å². The third kappa shape index (κ3) is 3.74. The Morgan fingerprint density at radius 1 is 1.40 bits per heavy atom. The summed E-state index contributed by atoms with van der Waals surface area (Å²) in [7, 11) is 0. The van der Waals surface area contributed by atoms with Crippen molar-refractivity contribution in [1.29, 1.82) is 0 Å². The molecule has 2 aromatic rings. The Balaban J connectivity index is 0.00000200. The van der Waals surface area contributed by atoms with E-state index in [2.05, 4.69) is 5.32 Å². The second kappa shape index (κ2) is 7.31. The Bertz CT molecular complexity index is 535. The zero-order valence-corrected chi connectivity index (χ0v) is 12.6. The van der Waals surface area contributed by atoms with Crippen LogP contribution in [0.3, 0.4) is 0 Å². The van der Waals surface area contributed by atoms with Gasteiger partial charge in [0, 0.05) is 5.39 Å². The first-order chi connectivity index (χ1) is 9.11. The van der Waals surface area contributed by atoms with Crippen molar-refractivity contribution in [2.75, 3.05) is 0 Å². The third-order valence-electron chi connectivity index (χ3n) is 3.17. The van der Waals surface area contributed by atoms with Crippen LogP contribution >= 0.6 is 12.4 Å². The molecular formula is C15H21ClN2O2. The normalized spacial score (nSPS) is 13.6. The minimum Gasteiger partial charge on any atom is -0.459 e. The predicted octanol–water partition coefficient (Wildman–Crippen LogP) is 3.16. The van der Waals surface area contributed by atoms with Crippen LogP contribution in [0.5, 0.6) is 0 Å². The fraction of sp³-hybridized carbons (Fsp3) is 0.400. The molecule has 110 valence electrons. The summed E-state index contributed by atoms with van der Waals surface area (Å²) in [6.07, 6.45) is 1.59. The summed E-state index contributed by atoms with van der Waals surface area (Å²) in [6.45, 7) is 3.91. The van der Waals surface area contributed by atoms with Crippen molar-refractivity contribution in [3.05, 3.63) is 36.1 Å². The SMILES string of the molecule is CCCC(N)C(=O)NC(C)c1cc2ccccc2o1.Cl. The van der Waals surface area contributed by atoms with Gasteiger partial charge in [0.1, 0.15) is 11.3 Å². The fourth-order valence-electron chi connectivity index (χ4n) is 2.05. The molecule has 5 heteroatoms. The molecule has 20 heavy (non-hydrogen) atoms. The van der Waals surface area contributed by atoms with Crippen molar-refractivity contribution < 1.29 is 9.21 Å². The summed E-state index contributed by atoms with van der Waals surface area (Å²) in [5, 5.41) is 3.92. The number of para-hydroxylation sites is 1. The first-order valence-corrected chi connectivity index (χ1v) is 6.66. The number of fused-ring (bicyclic) bond motifs is 1. The molecule has 0 saturated carbocycles. The van der Waals surface area contributed by atoms with E-state index in [1.165, 1.54) is 0 Å². The van der Waals surface area contributed by atoms with E-state index in [9.17, 15) is 4.79 Å². The van der Waals surface area contributed by atoms with E-state index in [4.69, 9.17) is 10.2 Å². The van der Waals surface area contributed by atoms with Gasteiger partial charge < -0.3 is 15.5 Å². The van der Waals surface area contributed by atoms with Gasteiger partial charge in [-0.05, 0) is 25.5 Å². The van der Waals surface area contributed by atoms with E-state index < -0.39 is 6.04 Å². The van der Waals surface area contributed by atoms with Crippen molar-refractivity contribution in [3.63, 3.8) is 0 Å². The zero-order chi connectivity index (χ0) is 13.8. The van der Waals surface area contributed by atoms with Gasteiger partial charge in [0.05, 0.1) is 12.1 Å². The Morgan fingerprint density at radius 2 is 2.10 bits per heavy atom. The predicted molar refractivity (Wildman–Crippen MR) is 82.9 cm³/mol. The van der Waals surface area contributed by atoms with E-state index >= 15 is 0 Å². The lowest BCUT2D eigenvalue weighted by molar-refractivity contribution is -0.123. The maximum Gasteiger partial charge on any atom is 0.237 e. The average Bonchev–Trinajstić information content (AvgIpc) is 2.82. The molecule has 2 atom stereocenters. The number of rotatable bonds is 5. The molecule has 0 aliphatic carbocycles. The zero-order valence-electron chi connectivity index (χ0n) is 11.8.